The number of hydrogen-bond acceptors (Lipinski definition) is 4. The molecule has 0 aliphatic carbocycles. The van der Waals surface area contributed by atoms with E-state index in [4.69, 9.17) is 0 Å². The number of carbonyl (C=O) groups is 1. The molecule has 6 rings (SSSR count). The van der Waals surface area contributed by atoms with Crippen LogP contribution in [0.3, 0.4) is 0 Å². The molecular formula is C41H30N2O3. The van der Waals surface area contributed by atoms with Crippen molar-refractivity contribution >= 4 is 52.8 Å². The van der Waals surface area contributed by atoms with Crippen molar-refractivity contribution in [2.24, 2.45) is 0 Å². The zero-order valence-corrected chi connectivity index (χ0v) is 24.9. The second-order valence-corrected chi connectivity index (χ2v) is 10.7. The van der Waals surface area contributed by atoms with Gasteiger partial charge in [0.15, 0.2) is 5.78 Å². The van der Waals surface area contributed by atoms with Crippen LogP contribution in [0.2, 0.25) is 0 Å². The summed E-state index contributed by atoms with van der Waals surface area (Å²) in [6.45, 7) is 0. The van der Waals surface area contributed by atoms with Gasteiger partial charge in [-0.05, 0) is 70.8 Å². The third-order valence-corrected chi connectivity index (χ3v) is 7.57. The quantitative estimate of drug-likeness (QED) is 0.0681. The van der Waals surface area contributed by atoms with Gasteiger partial charge in [0.25, 0.3) is 5.69 Å². The minimum Gasteiger partial charge on any atom is -0.311 e. The average Bonchev–Trinajstić information content (AvgIpc) is 3.12. The minimum absolute atomic E-state index is 0.0167. The molecule has 0 aliphatic rings. The molecule has 0 spiro atoms. The lowest BCUT2D eigenvalue weighted by Gasteiger charge is -2.25. The maximum absolute atomic E-state index is 12.7. The molecular weight excluding hydrogens is 568 g/mol. The summed E-state index contributed by atoms with van der Waals surface area (Å²) in [4.78, 5) is 25.4. The molecule has 0 aromatic heterocycles. The number of para-hydroxylation sites is 1. The molecule has 46 heavy (non-hydrogen) atoms. The van der Waals surface area contributed by atoms with E-state index in [0.29, 0.717) is 11.1 Å². The molecule has 6 aromatic rings. The first-order chi connectivity index (χ1) is 22.5. The number of nitro groups is 1. The number of nitrogens with zero attached hydrogens (tertiary/aromatic N) is 2. The molecule has 222 valence electrons. The number of rotatable bonds is 10. The summed E-state index contributed by atoms with van der Waals surface area (Å²) in [6.07, 6.45) is 8.05. The Kier molecular flexibility index (Phi) is 9.03. The van der Waals surface area contributed by atoms with E-state index in [1.165, 1.54) is 12.1 Å². The van der Waals surface area contributed by atoms with Crippen molar-refractivity contribution in [3.05, 3.63) is 201 Å². The summed E-state index contributed by atoms with van der Waals surface area (Å²) >= 11 is 0. The Morgan fingerprint density at radius 3 is 1.24 bits per heavy atom. The molecule has 0 radical (unpaired) electrons. The Hall–Kier alpha value is -6.33. The van der Waals surface area contributed by atoms with Gasteiger partial charge in [-0.3, -0.25) is 14.9 Å². The molecule has 0 fully saturated rings. The average molecular weight is 599 g/mol. The van der Waals surface area contributed by atoms with E-state index in [-0.39, 0.29) is 11.5 Å². The van der Waals surface area contributed by atoms with Gasteiger partial charge in [0, 0.05) is 40.3 Å². The van der Waals surface area contributed by atoms with E-state index in [9.17, 15) is 14.9 Å². The Labute approximate surface area is 268 Å². The van der Waals surface area contributed by atoms with Crippen molar-refractivity contribution < 1.29 is 9.72 Å². The summed E-state index contributed by atoms with van der Waals surface area (Å²) < 4.78 is 0. The summed E-state index contributed by atoms with van der Waals surface area (Å²) in [5, 5.41) is 10.9. The maximum Gasteiger partial charge on any atom is 0.269 e. The van der Waals surface area contributed by atoms with Gasteiger partial charge in [0.1, 0.15) is 0 Å². The molecule has 6 aromatic carbocycles. The first kappa shape index (κ1) is 29.7. The predicted molar refractivity (Wildman–Crippen MR) is 188 cm³/mol. The lowest BCUT2D eigenvalue weighted by atomic mass is 10.0. The molecule has 0 saturated carbocycles. The van der Waals surface area contributed by atoms with Crippen molar-refractivity contribution in [2.45, 2.75) is 0 Å². The van der Waals surface area contributed by atoms with E-state index in [0.717, 1.165) is 39.3 Å². The number of nitro benzene ring substituents is 1. The van der Waals surface area contributed by atoms with Gasteiger partial charge in [0.05, 0.1) is 4.92 Å². The smallest absolute Gasteiger partial charge is 0.269 e. The number of non-ortho nitro benzene ring substituents is 1. The van der Waals surface area contributed by atoms with Crippen LogP contribution in [0.1, 0.15) is 38.2 Å². The van der Waals surface area contributed by atoms with E-state index in [1.807, 2.05) is 91.0 Å². The highest BCUT2D eigenvalue weighted by Crippen LogP contribution is 2.35. The Bertz CT molecular complexity index is 1980. The minimum atomic E-state index is -0.396. The van der Waals surface area contributed by atoms with Crippen LogP contribution < -0.4 is 4.90 Å². The van der Waals surface area contributed by atoms with Gasteiger partial charge in [0.2, 0.25) is 0 Å². The molecule has 0 amide bonds. The largest absolute Gasteiger partial charge is 0.311 e. The van der Waals surface area contributed by atoms with Crippen LogP contribution in [0, 0.1) is 10.1 Å². The fourth-order valence-electron chi connectivity index (χ4n) is 5.09. The van der Waals surface area contributed by atoms with Crippen molar-refractivity contribution in [3.8, 4) is 0 Å². The standard InChI is InChI=1S/C41H30N2O3/c44-41(35-7-3-1-4-8-35)36-23-15-31(16-24-36)11-12-32-17-25-38(26-18-32)42(37-9-5-2-6-10-37)39-27-19-33(20-28-39)13-14-34-21-29-40(30-22-34)43(45)46/h1-30H. The molecule has 5 heteroatoms. The lowest BCUT2D eigenvalue weighted by Crippen LogP contribution is -2.09. The van der Waals surface area contributed by atoms with E-state index < -0.39 is 4.92 Å². The lowest BCUT2D eigenvalue weighted by molar-refractivity contribution is -0.384. The van der Waals surface area contributed by atoms with Crippen LogP contribution in [0.4, 0.5) is 22.7 Å². The molecule has 0 saturated heterocycles. The predicted octanol–water partition coefficient (Wildman–Crippen LogP) is 10.6. The Balaban J connectivity index is 1.17. The molecule has 0 heterocycles. The third-order valence-electron chi connectivity index (χ3n) is 7.57. The zero-order valence-electron chi connectivity index (χ0n) is 24.9. The number of carbonyl (C=O) groups excluding carboxylic acids is 1. The summed E-state index contributed by atoms with van der Waals surface area (Å²) in [7, 11) is 0. The van der Waals surface area contributed by atoms with Crippen molar-refractivity contribution in [1.82, 2.24) is 0 Å². The zero-order chi connectivity index (χ0) is 31.7. The maximum atomic E-state index is 12.7. The molecule has 0 bridgehead atoms. The second-order valence-electron chi connectivity index (χ2n) is 10.7. The highest BCUT2D eigenvalue weighted by Gasteiger charge is 2.12. The van der Waals surface area contributed by atoms with Gasteiger partial charge in [-0.15, -0.1) is 0 Å². The molecule has 0 aliphatic heterocycles. The van der Waals surface area contributed by atoms with Gasteiger partial charge in [-0.25, -0.2) is 0 Å². The van der Waals surface area contributed by atoms with Crippen molar-refractivity contribution in [1.29, 1.82) is 0 Å². The first-order valence-electron chi connectivity index (χ1n) is 14.9. The van der Waals surface area contributed by atoms with Gasteiger partial charge in [-0.1, -0.05) is 121 Å². The van der Waals surface area contributed by atoms with E-state index in [1.54, 1.807) is 12.1 Å². The van der Waals surface area contributed by atoms with Gasteiger partial charge < -0.3 is 4.90 Å². The van der Waals surface area contributed by atoms with E-state index >= 15 is 0 Å². The normalized spacial score (nSPS) is 11.1. The summed E-state index contributed by atoms with van der Waals surface area (Å²) in [6, 6.07) is 50.4. The van der Waals surface area contributed by atoms with Crippen LogP contribution in [0.25, 0.3) is 24.3 Å². The molecule has 0 unspecified atom stereocenters. The van der Waals surface area contributed by atoms with Crippen LogP contribution >= 0.6 is 0 Å². The third kappa shape index (κ3) is 7.24. The molecule has 5 nitrogen and oxygen atoms in total. The highest BCUT2D eigenvalue weighted by molar-refractivity contribution is 6.09. The second kappa shape index (κ2) is 14.0. The highest BCUT2D eigenvalue weighted by atomic mass is 16.6. The van der Waals surface area contributed by atoms with Crippen molar-refractivity contribution in [3.63, 3.8) is 0 Å². The van der Waals surface area contributed by atoms with Gasteiger partial charge in [-0.2, -0.15) is 0 Å². The van der Waals surface area contributed by atoms with Crippen LogP contribution in [-0.2, 0) is 0 Å². The Morgan fingerprint density at radius 2 is 0.804 bits per heavy atom. The van der Waals surface area contributed by atoms with E-state index in [2.05, 4.69) is 71.6 Å². The number of anilines is 3. The van der Waals surface area contributed by atoms with Crippen LogP contribution in [0.15, 0.2) is 158 Å². The molecule has 0 atom stereocenters. The summed E-state index contributed by atoms with van der Waals surface area (Å²) in [5.41, 5.74) is 8.52. The Morgan fingerprint density at radius 1 is 0.457 bits per heavy atom. The first-order valence-corrected chi connectivity index (χ1v) is 14.9. The van der Waals surface area contributed by atoms with Crippen molar-refractivity contribution in [2.75, 3.05) is 4.90 Å². The summed E-state index contributed by atoms with van der Waals surface area (Å²) in [5.74, 6) is 0.0167. The fourth-order valence-corrected chi connectivity index (χ4v) is 5.09. The topological polar surface area (TPSA) is 63.5 Å². The monoisotopic (exact) mass is 598 g/mol. The fraction of sp³-hybridized carbons (Fsp3) is 0. The van der Waals surface area contributed by atoms with Gasteiger partial charge >= 0.3 is 0 Å². The number of ketones is 1. The van der Waals surface area contributed by atoms with Crippen LogP contribution in [-0.4, -0.2) is 10.7 Å². The number of benzene rings is 6. The molecule has 0 N–H and O–H groups in total. The van der Waals surface area contributed by atoms with Crippen LogP contribution in [0.5, 0.6) is 0 Å². The SMILES string of the molecule is O=C(c1ccccc1)c1ccc(C=Cc2ccc(N(c3ccccc3)c3ccc(C=Cc4ccc([N+](=O)[O-])cc4)cc3)cc2)cc1. The number of hydrogen-bond donors (Lipinski definition) is 0.